The summed E-state index contributed by atoms with van der Waals surface area (Å²) in [5.74, 6) is 1.89. The fraction of sp³-hybridized carbons (Fsp3) is 0.269. The molecule has 1 aliphatic heterocycles. The lowest BCUT2D eigenvalue weighted by Crippen LogP contribution is -2.42. The van der Waals surface area contributed by atoms with Gasteiger partial charge in [-0.3, -0.25) is 4.79 Å². The van der Waals surface area contributed by atoms with E-state index in [1.54, 1.807) is 32.3 Å². The van der Waals surface area contributed by atoms with Crippen LogP contribution in [-0.2, 0) is 6.42 Å². The molecule has 3 aromatic carbocycles. The molecule has 0 aliphatic carbocycles. The van der Waals surface area contributed by atoms with Gasteiger partial charge in [0.25, 0.3) is 5.91 Å². The molecule has 0 saturated carbocycles. The SMILES string of the molecule is COc1ccc(OC[C@H]2c3cc(OC)c(OC)cc3CCN2C(=O)c2cccc(F)c2)cc1. The van der Waals surface area contributed by atoms with Crippen molar-refractivity contribution in [3.05, 3.63) is 83.2 Å². The van der Waals surface area contributed by atoms with Gasteiger partial charge in [-0.2, -0.15) is 0 Å². The molecule has 0 N–H and O–H groups in total. The summed E-state index contributed by atoms with van der Waals surface area (Å²) in [6.45, 7) is 0.685. The maximum absolute atomic E-state index is 13.8. The average molecular weight is 451 g/mol. The van der Waals surface area contributed by atoms with Crippen molar-refractivity contribution < 1.29 is 28.1 Å². The van der Waals surface area contributed by atoms with E-state index >= 15 is 0 Å². The number of amides is 1. The van der Waals surface area contributed by atoms with E-state index in [2.05, 4.69) is 0 Å². The summed E-state index contributed by atoms with van der Waals surface area (Å²) in [5, 5.41) is 0. The Kier molecular flexibility index (Phi) is 6.68. The number of hydrogen-bond acceptors (Lipinski definition) is 5. The highest BCUT2D eigenvalue weighted by molar-refractivity contribution is 5.94. The van der Waals surface area contributed by atoms with Crippen molar-refractivity contribution in [1.82, 2.24) is 4.90 Å². The van der Waals surface area contributed by atoms with Gasteiger partial charge in [0.05, 0.1) is 27.4 Å². The lowest BCUT2D eigenvalue weighted by atomic mass is 9.91. The van der Waals surface area contributed by atoms with E-state index in [9.17, 15) is 9.18 Å². The zero-order valence-corrected chi connectivity index (χ0v) is 18.8. The molecule has 0 saturated heterocycles. The van der Waals surface area contributed by atoms with Crippen LogP contribution in [0.5, 0.6) is 23.0 Å². The number of fused-ring (bicyclic) bond motifs is 1. The van der Waals surface area contributed by atoms with Gasteiger partial charge in [0.2, 0.25) is 0 Å². The third kappa shape index (κ3) is 4.72. The summed E-state index contributed by atoms with van der Waals surface area (Å²) in [6.07, 6.45) is 0.635. The van der Waals surface area contributed by atoms with Crippen LogP contribution in [0.25, 0.3) is 0 Å². The molecule has 1 amide bonds. The number of carbonyl (C=O) groups excluding carboxylic acids is 1. The Morgan fingerprint density at radius 3 is 2.30 bits per heavy atom. The molecule has 0 aromatic heterocycles. The molecule has 3 aromatic rings. The molecule has 0 fully saturated rings. The van der Waals surface area contributed by atoms with E-state index in [0.717, 1.165) is 16.9 Å². The zero-order chi connectivity index (χ0) is 23.4. The molecule has 1 atom stereocenters. The Morgan fingerprint density at radius 1 is 0.939 bits per heavy atom. The van der Waals surface area contributed by atoms with E-state index in [-0.39, 0.29) is 12.5 Å². The van der Waals surface area contributed by atoms with Gasteiger partial charge in [-0.1, -0.05) is 6.07 Å². The Morgan fingerprint density at radius 2 is 1.64 bits per heavy atom. The summed E-state index contributed by atoms with van der Waals surface area (Å²) in [4.78, 5) is 15.1. The number of nitrogens with zero attached hydrogens (tertiary/aromatic N) is 1. The highest BCUT2D eigenvalue weighted by atomic mass is 19.1. The quantitative estimate of drug-likeness (QED) is 0.523. The first-order chi connectivity index (χ1) is 16.0. The minimum absolute atomic E-state index is 0.218. The van der Waals surface area contributed by atoms with Crippen molar-refractivity contribution in [2.75, 3.05) is 34.5 Å². The maximum atomic E-state index is 13.8. The zero-order valence-electron chi connectivity index (χ0n) is 18.8. The van der Waals surface area contributed by atoms with Crippen LogP contribution in [0.15, 0.2) is 60.7 Å². The molecule has 4 rings (SSSR count). The van der Waals surface area contributed by atoms with Crippen LogP contribution in [0, 0.1) is 5.82 Å². The smallest absolute Gasteiger partial charge is 0.254 e. The predicted octanol–water partition coefficient (Wildman–Crippen LogP) is 4.67. The van der Waals surface area contributed by atoms with Gasteiger partial charge in [0, 0.05) is 12.1 Å². The highest BCUT2D eigenvalue weighted by Crippen LogP contribution is 2.39. The van der Waals surface area contributed by atoms with Crippen molar-refractivity contribution in [2.45, 2.75) is 12.5 Å². The normalized spacial score (nSPS) is 14.9. The van der Waals surface area contributed by atoms with Crippen LogP contribution < -0.4 is 18.9 Å². The lowest BCUT2D eigenvalue weighted by Gasteiger charge is -2.37. The van der Waals surface area contributed by atoms with Gasteiger partial charge in [-0.25, -0.2) is 4.39 Å². The number of carbonyl (C=O) groups is 1. The average Bonchev–Trinajstić information content (AvgIpc) is 2.86. The van der Waals surface area contributed by atoms with E-state index < -0.39 is 11.9 Å². The van der Waals surface area contributed by atoms with Crippen molar-refractivity contribution in [2.24, 2.45) is 0 Å². The molecule has 0 spiro atoms. The fourth-order valence-electron chi connectivity index (χ4n) is 4.09. The Bertz CT molecular complexity index is 1130. The standard InChI is InChI=1S/C26H26FNO5/c1-30-20-7-9-21(10-8-20)33-16-23-22-15-25(32-3)24(31-2)14-17(22)11-12-28(23)26(29)18-5-4-6-19(27)13-18/h4-10,13-15,23H,11-12,16H2,1-3H3/t23-/m0/s1. The number of ether oxygens (including phenoxy) is 4. The van der Waals surface area contributed by atoms with Crippen LogP contribution >= 0.6 is 0 Å². The molecule has 0 bridgehead atoms. The largest absolute Gasteiger partial charge is 0.497 e. The summed E-state index contributed by atoms with van der Waals surface area (Å²) in [7, 11) is 4.77. The second-order valence-corrected chi connectivity index (χ2v) is 7.67. The summed E-state index contributed by atoms with van der Waals surface area (Å²) >= 11 is 0. The number of rotatable bonds is 7. The van der Waals surface area contributed by atoms with Crippen LogP contribution in [0.1, 0.15) is 27.5 Å². The monoisotopic (exact) mass is 451 g/mol. The third-order valence-electron chi connectivity index (χ3n) is 5.80. The van der Waals surface area contributed by atoms with Gasteiger partial charge in [0.15, 0.2) is 11.5 Å². The Labute approximate surface area is 192 Å². The fourth-order valence-corrected chi connectivity index (χ4v) is 4.09. The second-order valence-electron chi connectivity index (χ2n) is 7.67. The number of hydrogen-bond donors (Lipinski definition) is 0. The van der Waals surface area contributed by atoms with Gasteiger partial charge in [0.1, 0.15) is 23.9 Å². The minimum Gasteiger partial charge on any atom is -0.497 e. The summed E-state index contributed by atoms with van der Waals surface area (Å²) in [6, 6.07) is 16.4. The predicted molar refractivity (Wildman–Crippen MR) is 122 cm³/mol. The third-order valence-corrected chi connectivity index (χ3v) is 5.80. The molecular weight excluding hydrogens is 425 g/mol. The van der Waals surface area contributed by atoms with E-state index in [1.165, 1.54) is 18.2 Å². The van der Waals surface area contributed by atoms with E-state index in [0.29, 0.717) is 35.8 Å². The lowest BCUT2D eigenvalue weighted by molar-refractivity contribution is 0.0589. The van der Waals surface area contributed by atoms with Crippen molar-refractivity contribution in [3.8, 4) is 23.0 Å². The van der Waals surface area contributed by atoms with E-state index in [4.69, 9.17) is 18.9 Å². The minimum atomic E-state index is -0.448. The Hall–Kier alpha value is -3.74. The first-order valence-electron chi connectivity index (χ1n) is 10.6. The van der Waals surface area contributed by atoms with Crippen LogP contribution in [-0.4, -0.2) is 45.3 Å². The molecular formula is C26H26FNO5. The van der Waals surface area contributed by atoms with E-state index in [1.807, 2.05) is 36.4 Å². The summed E-state index contributed by atoms with van der Waals surface area (Å²) < 4.78 is 36.0. The Balaban J connectivity index is 1.69. The number of benzene rings is 3. The molecule has 6 nitrogen and oxygen atoms in total. The van der Waals surface area contributed by atoms with Gasteiger partial charge in [-0.05, 0) is 72.1 Å². The second kappa shape index (κ2) is 9.81. The molecule has 0 unspecified atom stereocenters. The molecule has 172 valence electrons. The molecule has 1 heterocycles. The van der Waals surface area contributed by atoms with Crippen molar-refractivity contribution in [3.63, 3.8) is 0 Å². The van der Waals surface area contributed by atoms with Gasteiger partial charge < -0.3 is 23.8 Å². The van der Waals surface area contributed by atoms with Crippen LogP contribution in [0.3, 0.4) is 0 Å². The molecule has 0 radical (unpaired) electrons. The van der Waals surface area contributed by atoms with Gasteiger partial charge >= 0.3 is 0 Å². The first-order valence-corrected chi connectivity index (χ1v) is 10.6. The number of halogens is 1. The molecule has 33 heavy (non-hydrogen) atoms. The van der Waals surface area contributed by atoms with Gasteiger partial charge in [-0.15, -0.1) is 0 Å². The van der Waals surface area contributed by atoms with Crippen LogP contribution in [0.4, 0.5) is 4.39 Å². The maximum Gasteiger partial charge on any atom is 0.254 e. The van der Waals surface area contributed by atoms with Crippen LogP contribution in [0.2, 0.25) is 0 Å². The molecule has 7 heteroatoms. The number of methoxy groups -OCH3 is 3. The highest BCUT2D eigenvalue weighted by Gasteiger charge is 2.33. The topological polar surface area (TPSA) is 57.2 Å². The van der Waals surface area contributed by atoms with Crippen molar-refractivity contribution in [1.29, 1.82) is 0 Å². The molecule has 1 aliphatic rings. The van der Waals surface area contributed by atoms with Crippen molar-refractivity contribution >= 4 is 5.91 Å². The summed E-state index contributed by atoms with van der Waals surface area (Å²) in [5.41, 5.74) is 2.27. The first kappa shape index (κ1) is 22.5.